The Labute approximate surface area is 84.5 Å². The molecule has 0 saturated carbocycles. The van der Waals surface area contributed by atoms with E-state index in [0.29, 0.717) is 19.0 Å². The lowest BCUT2D eigenvalue weighted by Gasteiger charge is -2.07. The standard InChI is InChI=1S/C9H17ClN2O/c1-8(2)6-12-9(13)7-11-5-3-4-10/h3-4,8,11H,5-7H2,1-2H3,(H,12,13)/b4-3+. The summed E-state index contributed by atoms with van der Waals surface area (Å²) in [6.45, 7) is 5.81. The van der Waals surface area contributed by atoms with E-state index in [0.717, 1.165) is 6.54 Å². The second kappa shape index (κ2) is 8.08. The highest BCUT2D eigenvalue weighted by Crippen LogP contribution is 1.86. The summed E-state index contributed by atoms with van der Waals surface area (Å²) in [5.41, 5.74) is 1.43. The molecule has 3 nitrogen and oxygen atoms in total. The topological polar surface area (TPSA) is 41.1 Å². The van der Waals surface area contributed by atoms with Crippen LogP contribution in [0.3, 0.4) is 0 Å². The summed E-state index contributed by atoms with van der Waals surface area (Å²) in [6, 6.07) is 0. The molecule has 0 radical (unpaired) electrons. The van der Waals surface area contributed by atoms with Crippen molar-refractivity contribution in [2.75, 3.05) is 19.6 Å². The van der Waals surface area contributed by atoms with Gasteiger partial charge in [-0.1, -0.05) is 31.5 Å². The first-order valence-electron chi connectivity index (χ1n) is 4.39. The van der Waals surface area contributed by atoms with E-state index in [1.807, 2.05) is 0 Å². The van der Waals surface area contributed by atoms with E-state index in [2.05, 4.69) is 24.5 Å². The van der Waals surface area contributed by atoms with Gasteiger partial charge in [-0.3, -0.25) is 4.79 Å². The number of halogens is 1. The first-order valence-corrected chi connectivity index (χ1v) is 4.83. The molecule has 0 aliphatic heterocycles. The van der Waals surface area contributed by atoms with Crippen molar-refractivity contribution in [3.8, 4) is 0 Å². The molecule has 76 valence electrons. The minimum absolute atomic E-state index is 0.0247. The van der Waals surface area contributed by atoms with E-state index in [-0.39, 0.29) is 5.91 Å². The van der Waals surface area contributed by atoms with Gasteiger partial charge in [0.15, 0.2) is 0 Å². The maximum Gasteiger partial charge on any atom is 0.233 e. The Morgan fingerprint density at radius 1 is 1.54 bits per heavy atom. The molecule has 0 aliphatic carbocycles. The summed E-state index contributed by atoms with van der Waals surface area (Å²) in [5.74, 6) is 0.517. The second-order valence-corrected chi connectivity index (χ2v) is 3.44. The third kappa shape index (κ3) is 9.37. The average molecular weight is 205 g/mol. The van der Waals surface area contributed by atoms with Gasteiger partial charge >= 0.3 is 0 Å². The lowest BCUT2D eigenvalue weighted by atomic mass is 10.2. The van der Waals surface area contributed by atoms with E-state index < -0.39 is 0 Å². The lowest BCUT2D eigenvalue weighted by molar-refractivity contribution is -0.120. The molecule has 0 unspecified atom stereocenters. The number of carbonyl (C=O) groups is 1. The second-order valence-electron chi connectivity index (χ2n) is 3.19. The van der Waals surface area contributed by atoms with Crippen LogP contribution in [0.5, 0.6) is 0 Å². The zero-order valence-electron chi connectivity index (χ0n) is 8.14. The minimum atomic E-state index is 0.0247. The smallest absolute Gasteiger partial charge is 0.233 e. The molecule has 0 fully saturated rings. The Morgan fingerprint density at radius 2 is 2.23 bits per heavy atom. The van der Waals surface area contributed by atoms with Crippen molar-refractivity contribution in [2.45, 2.75) is 13.8 Å². The van der Waals surface area contributed by atoms with Crippen LogP contribution in [0.15, 0.2) is 11.6 Å². The predicted molar refractivity (Wildman–Crippen MR) is 55.7 cm³/mol. The van der Waals surface area contributed by atoms with Crippen LogP contribution in [0.25, 0.3) is 0 Å². The Bertz CT molecular complexity index is 169. The zero-order valence-corrected chi connectivity index (χ0v) is 8.90. The number of amides is 1. The largest absolute Gasteiger partial charge is 0.355 e. The van der Waals surface area contributed by atoms with Gasteiger partial charge in [-0.25, -0.2) is 0 Å². The van der Waals surface area contributed by atoms with Crippen LogP contribution in [-0.2, 0) is 4.79 Å². The normalized spacial score (nSPS) is 11.1. The molecule has 0 aromatic heterocycles. The van der Waals surface area contributed by atoms with Crippen molar-refractivity contribution < 1.29 is 4.79 Å². The predicted octanol–water partition coefficient (Wildman–Crippen LogP) is 1.10. The Balaban J connectivity index is 3.30. The Hall–Kier alpha value is -0.540. The van der Waals surface area contributed by atoms with Crippen LogP contribution >= 0.6 is 11.6 Å². The van der Waals surface area contributed by atoms with E-state index in [4.69, 9.17) is 11.6 Å². The molecule has 1 amide bonds. The molecule has 0 aromatic carbocycles. The van der Waals surface area contributed by atoms with Crippen LogP contribution in [0, 0.1) is 5.92 Å². The summed E-state index contributed by atoms with van der Waals surface area (Å²) >= 11 is 5.30. The molecule has 0 bridgehead atoms. The van der Waals surface area contributed by atoms with Gasteiger partial charge in [0.05, 0.1) is 6.54 Å². The molecule has 0 aromatic rings. The van der Waals surface area contributed by atoms with E-state index in [1.165, 1.54) is 5.54 Å². The molecule has 0 atom stereocenters. The summed E-state index contributed by atoms with van der Waals surface area (Å²) < 4.78 is 0. The van der Waals surface area contributed by atoms with Gasteiger partial charge in [0, 0.05) is 18.6 Å². The van der Waals surface area contributed by atoms with Crippen molar-refractivity contribution >= 4 is 17.5 Å². The number of nitrogens with one attached hydrogen (secondary N) is 2. The SMILES string of the molecule is CC(C)CNC(=O)CNC/C=C/Cl. The molecular formula is C9H17ClN2O. The third-order valence-electron chi connectivity index (χ3n) is 1.34. The van der Waals surface area contributed by atoms with Crippen molar-refractivity contribution in [3.05, 3.63) is 11.6 Å². The summed E-state index contributed by atoms with van der Waals surface area (Å²) in [5, 5.41) is 5.73. The molecule has 0 rings (SSSR count). The van der Waals surface area contributed by atoms with E-state index in [9.17, 15) is 4.79 Å². The first-order chi connectivity index (χ1) is 6.16. The Kier molecular flexibility index (Phi) is 7.74. The zero-order chi connectivity index (χ0) is 10.1. The summed E-state index contributed by atoms with van der Waals surface area (Å²) in [6.07, 6.45) is 1.75. The third-order valence-corrected chi connectivity index (χ3v) is 1.52. The van der Waals surface area contributed by atoms with E-state index in [1.54, 1.807) is 6.08 Å². The van der Waals surface area contributed by atoms with Gasteiger partial charge in [-0.05, 0) is 5.92 Å². The van der Waals surface area contributed by atoms with Crippen molar-refractivity contribution in [1.82, 2.24) is 10.6 Å². The number of hydrogen-bond acceptors (Lipinski definition) is 2. The van der Waals surface area contributed by atoms with Gasteiger partial charge in [-0.2, -0.15) is 0 Å². The van der Waals surface area contributed by atoms with Crippen LogP contribution in [0.2, 0.25) is 0 Å². The summed E-state index contributed by atoms with van der Waals surface area (Å²) in [4.78, 5) is 11.1. The van der Waals surface area contributed by atoms with Gasteiger partial charge in [0.1, 0.15) is 0 Å². The number of rotatable bonds is 6. The van der Waals surface area contributed by atoms with Crippen molar-refractivity contribution in [2.24, 2.45) is 5.92 Å². The maximum absolute atomic E-state index is 11.1. The van der Waals surface area contributed by atoms with Gasteiger partial charge in [0.2, 0.25) is 5.91 Å². The maximum atomic E-state index is 11.1. The molecule has 0 spiro atoms. The van der Waals surface area contributed by atoms with Gasteiger partial charge in [0.25, 0.3) is 0 Å². The van der Waals surface area contributed by atoms with Crippen LogP contribution in [0.4, 0.5) is 0 Å². The highest BCUT2D eigenvalue weighted by molar-refractivity contribution is 6.25. The first kappa shape index (κ1) is 12.5. The van der Waals surface area contributed by atoms with Gasteiger partial charge < -0.3 is 10.6 Å². The monoisotopic (exact) mass is 204 g/mol. The molecule has 0 heterocycles. The van der Waals surface area contributed by atoms with Crippen LogP contribution in [-0.4, -0.2) is 25.5 Å². The molecular weight excluding hydrogens is 188 g/mol. The van der Waals surface area contributed by atoms with Crippen LogP contribution in [0.1, 0.15) is 13.8 Å². The summed E-state index contributed by atoms with van der Waals surface area (Å²) in [7, 11) is 0. The molecule has 0 aliphatic rings. The van der Waals surface area contributed by atoms with Crippen molar-refractivity contribution in [3.63, 3.8) is 0 Å². The fourth-order valence-electron chi connectivity index (χ4n) is 0.694. The number of carbonyl (C=O) groups excluding carboxylic acids is 1. The van der Waals surface area contributed by atoms with E-state index >= 15 is 0 Å². The van der Waals surface area contributed by atoms with Crippen molar-refractivity contribution in [1.29, 1.82) is 0 Å². The fraction of sp³-hybridized carbons (Fsp3) is 0.667. The quantitative estimate of drug-likeness (QED) is 0.637. The lowest BCUT2D eigenvalue weighted by Crippen LogP contribution is -2.35. The fourth-order valence-corrected chi connectivity index (χ4v) is 0.783. The highest BCUT2D eigenvalue weighted by Gasteiger charge is 1.99. The van der Waals surface area contributed by atoms with Gasteiger partial charge in [-0.15, -0.1) is 0 Å². The molecule has 4 heteroatoms. The number of hydrogen-bond donors (Lipinski definition) is 2. The molecule has 0 saturated heterocycles. The Morgan fingerprint density at radius 3 is 2.77 bits per heavy atom. The minimum Gasteiger partial charge on any atom is -0.355 e. The molecule has 13 heavy (non-hydrogen) atoms. The highest BCUT2D eigenvalue weighted by atomic mass is 35.5. The average Bonchev–Trinajstić information content (AvgIpc) is 2.09. The molecule has 2 N–H and O–H groups in total. The van der Waals surface area contributed by atoms with Crippen LogP contribution < -0.4 is 10.6 Å².